The molecule has 31 heavy (non-hydrogen) atoms. The summed E-state index contributed by atoms with van der Waals surface area (Å²) in [7, 11) is 5.50. The van der Waals surface area contributed by atoms with Crippen molar-refractivity contribution in [2.75, 3.05) is 60.5 Å². The molecule has 172 valence electrons. The minimum Gasteiger partial charge on any atom is -0.379 e. The second kappa shape index (κ2) is 11.0. The van der Waals surface area contributed by atoms with Crippen molar-refractivity contribution in [1.29, 1.82) is 0 Å². The van der Waals surface area contributed by atoms with Crippen molar-refractivity contribution in [3.05, 3.63) is 35.4 Å². The molecule has 2 fully saturated rings. The second-order valence-corrected chi connectivity index (χ2v) is 9.07. The molecule has 1 aromatic rings. The average molecular weight is 430 g/mol. The molecule has 3 rings (SSSR count). The van der Waals surface area contributed by atoms with E-state index in [4.69, 9.17) is 4.74 Å². The van der Waals surface area contributed by atoms with E-state index in [0.29, 0.717) is 6.54 Å². The van der Waals surface area contributed by atoms with Crippen LogP contribution in [0, 0.1) is 12.3 Å². The van der Waals surface area contributed by atoms with E-state index in [1.165, 1.54) is 11.1 Å². The summed E-state index contributed by atoms with van der Waals surface area (Å²) in [5, 5.41) is 6.98. The summed E-state index contributed by atoms with van der Waals surface area (Å²) >= 11 is 0. The van der Waals surface area contributed by atoms with Crippen LogP contribution in [-0.4, -0.2) is 82.2 Å². The van der Waals surface area contributed by atoms with Gasteiger partial charge in [0, 0.05) is 47.3 Å². The summed E-state index contributed by atoms with van der Waals surface area (Å²) < 4.78 is 5.57. The molecule has 1 amide bonds. The van der Waals surface area contributed by atoms with Gasteiger partial charge in [0.1, 0.15) is 0 Å². The summed E-state index contributed by atoms with van der Waals surface area (Å²) in [5.74, 6) is 0.975. The van der Waals surface area contributed by atoms with Crippen LogP contribution in [0.3, 0.4) is 0 Å². The largest absolute Gasteiger partial charge is 0.379 e. The Morgan fingerprint density at radius 3 is 2.55 bits per heavy atom. The lowest BCUT2D eigenvalue weighted by Crippen LogP contribution is -2.50. The van der Waals surface area contributed by atoms with Crippen LogP contribution in [-0.2, 0) is 9.53 Å². The molecule has 0 bridgehead atoms. The van der Waals surface area contributed by atoms with Gasteiger partial charge in [0.05, 0.1) is 24.7 Å². The van der Waals surface area contributed by atoms with Crippen LogP contribution >= 0.6 is 0 Å². The SMILES string of the molecule is CN=C(NCC(c1cccc(C)c1)N1CCOCC1)NCC1(C(=O)N(C)C)CCCC1. The van der Waals surface area contributed by atoms with Crippen molar-refractivity contribution in [3.8, 4) is 0 Å². The summed E-state index contributed by atoms with van der Waals surface area (Å²) in [4.78, 5) is 21.5. The fourth-order valence-electron chi connectivity index (χ4n) is 4.88. The molecule has 7 heteroatoms. The third kappa shape index (κ3) is 5.98. The van der Waals surface area contributed by atoms with Gasteiger partial charge < -0.3 is 20.3 Å². The number of benzene rings is 1. The number of hydrogen-bond donors (Lipinski definition) is 2. The van der Waals surface area contributed by atoms with E-state index in [1.54, 1.807) is 11.9 Å². The Labute approximate surface area is 187 Å². The average Bonchev–Trinajstić information content (AvgIpc) is 3.26. The van der Waals surface area contributed by atoms with Gasteiger partial charge >= 0.3 is 0 Å². The highest BCUT2D eigenvalue weighted by Gasteiger charge is 2.42. The molecule has 1 aromatic carbocycles. The van der Waals surface area contributed by atoms with E-state index >= 15 is 0 Å². The Hall–Kier alpha value is -2.12. The van der Waals surface area contributed by atoms with Gasteiger partial charge in [-0.2, -0.15) is 0 Å². The monoisotopic (exact) mass is 429 g/mol. The number of amides is 1. The molecular weight excluding hydrogens is 390 g/mol. The highest BCUT2D eigenvalue weighted by molar-refractivity contribution is 5.85. The van der Waals surface area contributed by atoms with E-state index in [0.717, 1.165) is 64.5 Å². The van der Waals surface area contributed by atoms with E-state index in [1.807, 2.05) is 14.1 Å². The smallest absolute Gasteiger partial charge is 0.230 e. The van der Waals surface area contributed by atoms with Gasteiger partial charge in [-0.15, -0.1) is 0 Å². The molecule has 1 unspecified atom stereocenters. The van der Waals surface area contributed by atoms with Crippen LogP contribution < -0.4 is 10.6 Å². The molecule has 7 nitrogen and oxygen atoms in total. The topological polar surface area (TPSA) is 69.2 Å². The summed E-state index contributed by atoms with van der Waals surface area (Å²) in [6, 6.07) is 8.97. The highest BCUT2D eigenvalue weighted by atomic mass is 16.5. The molecule has 2 N–H and O–H groups in total. The standard InChI is InChI=1S/C24H39N5O2/c1-19-8-7-9-20(16-19)21(29-12-14-31-15-13-29)17-26-23(25-2)27-18-24(10-5-6-11-24)22(30)28(3)4/h7-9,16,21H,5-6,10-15,17-18H2,1-4H3,(H2,25,26,27). The fourth-order valence-corrected chi connectivity index (χ4v) is 4.88. The first-order chi connectivity index (χ1) is 14.9. The van der Waals surface area contributed by atoms with E-state index in [9.17, 15) is 4.79 Å². The summed E-state index contributed by atoms with van der Waals surface area (Å²) in [5.41, 5.74) is 2.25. The number of aryl methyl sites for hydroxylation is 1. The van der Waals surface area contributed by atoms with Crippen molar-refractivity contribution in [1.82, 2.24) is 20.4 Å². The van der Waals surface area contributed by atoms with Gasteiger partial charge in [-0.25, -0.2) is 0 Å². The number of ether oxygens (including phenoxy) is 1. The van der Waals surface area contributed by atoms with Crippen molar-refractivity contribution < 1.29 is 9.53 Å². The Morgan fingerprint density at radius 2 is 1.94 bits per heavy atom. The maximum atomic E-state index is 12.9. The molecule has 0 radical (unpaired) electrons. The van der Waals surface area contributed by atoms with E-state index in [2.05, 4.69) is 51.7 Å². The second-order valence-electron chi connectivity index (χ2n) is 9.07. The number of morpholine rings is 1. The first-order valence-electron chi connectivity index (χ1n) is 11.5. The Balaban J connectivity index is 1.65. The molecule has 1 heterocycles. The highest BCUT2D eigenvalue weighted by Crippen LogP contribution is 2.38. The molecule has 0 spiro atoms. The van der Waals surface area contributed by atoms with Gasteiger partial charge in [-0.05, 0) is 25.3 Å². The van der Waals surface area contributed by atoms with Crippen LogP contribution in [0.4, 0.5) is 0 Å². The molecule has 1 aliphatic heterocycles. The number of carbonyl (C=O) groups is 1. The van der Waals surface area contributed by atoms with Gasteiger partial charge in [0.2, 0.25) is 5.91 Å². The van der Waals surface area contributed by atoms with Crippen LogP contribution in [0.15, 0.2) is 29.3 Å². The first kappa shape index (κ1) is 23.5. The third-order valence-corrected chi connectivity index (χ3v) is 6.61. The van der Waals surface area contributed by atoms with Gasteiger partial charge in [0.25, 0.3) is 0 Å². The van der Waals surface area contributed by atoms with E-state index < -0.39 is 0 Å². The Morgan fingerprint density at radius 1 is 1.23 bits per heavy atom. The minimum atomic E-state index is -0.318. The molecule has 1 atom stereocenters. The lowest BCUT2D eigenvalue weighted by atomic mass is 9.84. The zero-order chi connectivity index (χ0) is 22.3. The van der Waals surface area contributed by atoms with Crippen molar-refractivity contribution >= 4 is 11.9 Å². The van der Waals surface area contributed by atoms with Crippen LogP contribution in [0.5, 0.6) is 0 Å². The molecule has 2 aliphatic rings. The molecule has 0 aromatic heterocycles. The summed E-state index contributed by atoms with van der Waals surface area (Å²) in [6.07, 6.45) is 4.10. The minimum absolute atomic E-state index is 0.221. The van der Waals surface area contributed by atoms with Gasteiger partial charge in [0.15, 0.2) is 5.96 Å². The van der Waals surface area contributed by atoms with E-state index in [-0.39, 0.29) is 17.4 Å². The molecule has 1 saturated heterocycles. The first-order valence-corrected chi connectivity index (χ1v) is 11.5. The van der Waals surface area contributed by atoms with Crippen LogP contribution in [0.1, 0.15) is 42.9 Å². The predicted octanol–water partition coefficient (Wildman–Crippen LogP) is 2.18. The lowest BCUT2D eigenvalue weighted by molar-refractivity contribution is -0.138. The molecule has 1 aliphatic carbocycles. The van der Waals surface area contributed by atoms with Crippen molar-refractivity contribution in [3.63, 3.8) is 0 Å². The molecule has 1 saturated carbocycles. The number of nitrogens with zero attached hydrogens (tertiary/aromatic N) is 3. The quantitative estimate of drug-likeness (QED) is 0.514. The number of aliphatic imine (C=N–C) groups is 1. The lowest BCUT2D eigenvalue weighted by Gasteiger charge is -2.35. The third-order valence-electron chi connectivity index (χ3n) is 6.61. The van der Waals surface area contributed by atoms with Gasteiger partial charge in [-0.3, -0.25) is 14.7 Å². The number of rotatable bonds is 7. The number of nitrogens with one attached hydrogen (secondary N) is 2. The normalized spacial score (nSPS) is 20.3. The maximum absolute atomic E-state index is 12.9. The number of carbonyl (C=O) groups excluding carboxylic acids is 1. The van der Waals surface area contributed by atoms with Crippen molar-refractivity contribution in [2.24, 2.45) is 10.4 Å². The van der Waals surface area contributed by atoms with Gasteiger partial charge in [-0.1, -0.05) is 42.7 Å². The predicted molar refractivity (Wildman–Crippen MR) is 125 cm³/mol. The zero-order valence-corrected chi connectivity index (χ0v) is 19.6. The number of guanidine groups is 1. The Bertz CT molecular complexity index is 752. The Kier molecular flexibility index (Phi) is 8.32. The zero-order valence-electron chi connectivity index (χ0n) is 19.6. The van der Waals surface area contributed by atoms with Crippen LogP contribution in [0.2, 0.25) is 0 Å². The van der Waals surface area contributed by atoms with Crippen LogP contribution in [0.25, 0.3) is 0 Å². The maximum Gasteiger partial charge on any atom is 0.230 e. The number of hydrogen-bond acceptors (Lipinski definition) is 4. The van der Waals surface area contributed by atoms with Crippen molar-refractivity contribution in [2.45, 2.75) is 38.6 Å². The summed E-state index contributed by atoms with van der Waals surface area (Å²) in [6.45, 7) is 6.89. The molecular formula is C24H39N5O2. The fraction of sp³-hybridized carbons (Fsp3) is 0.667.